The van der Waals surface area contributed by atoms with Crippen LogP contribution in [0.3, 0.4) is 0 Å². The summed E-state index contributed by atoms with van der Waals surface area (Å²) in [5.74, 6) is 0. The zero-order valence-corrected chi connectivity index (χ0v) is 13.2. The number of hydrogen-bond donors (Lipinski definition) is 2. The zero-order valence-electron chi connectivity index (χ0n) is 11.5. The number of pyridine rings is 1. The molecule has 1 aliphatic heterocycles. The zero-order chi connectivity index (χ0) is 14.2. The largest absolute Gasteiger partial charge is 0.387 e. The Morgan fingerprint density at radius 2 is 2.35 bits per heavy atom. The van der Waals surface area contributed by atoms with Crippen LogP contribution in [0, 0.1) is 0 Å². The number of morpholine rings is 1. The molecular formula is C14H20N2O2S2. The molecule has 0 aromatic carbocycles. The Kier molecular flexibility index (Phi) is 4.17. The van der Waals surface area contributed by atoms with E-state index in [0.717, 1.165) is 37.3 Å². The van der Waals surface area contributed by atoms with Gasteiger partial charge < -0.3 is 14.7 Å². The number of hydrogen-bond acceptors (Lipinski definition) is 6. The molecule has 1 aromatic heterocycles. The first-order valence-electron chi connectivity index (χ1n) is 6.97. The molecule has 6 heteroatoms. The predicted octanol–water partition coefficient (Wildman–Crippen LogP) is 2.45. The van der Waals surface area contributed by atoms with E-state index in [1.165, 1.54) is 10.8 Å². The monoisotopic (exact) mass is 312 g/mol. The van der Waals surface area contributed by atoms with E-state index < -0.39 is 5.60 Å². The van der Waals surface area contributed by atoms with Gasteiger partial charge in [-0.15, -0.1) is 11.7 Å². The van der Waals surface area contributed by atoms with Crippen LogP contribution in [-0.2, 0) is 4.74 Å². The Hall–Kier alpha value is -0.430. The lowest BCUT2D eigenvalue weighted by atomic mass is 10.1. The lowest BCUT2D eigenvalue weighted by Crippen LogP contribution is -2.49. The summed E-state index contributed by atoms with van der Waals surface area (Å²) in [6.07, 6.45) is 3.57. The molecule has 0 bridgehead atoms. The molecule has 1 N–H and O–H groups in total. The maximum atomic E-state index is 10.2. The summed E-state index contributed by atoms with van der Waals surface area (Å²) in [6.45, 7) is 4.35. The van der Waals surface area contributed by atoms with Gasteiger partial charge in [0.1, 0.15) is 6.10 Å². The van der Waals surface area contributed by atoms with E-state index in [4.69, 9.17) is 4.74 Å². The highest BCUT2D eigenvalue weighted by Gasteiger charge is 2.50. The maximum Gasteiger partial charge on any atom is 0.104 e. The smallest absolute Gasteiger partial charge is 0.104 e. The average molecular weight is 312 g/mol. The quantitative estimate of drug-likeness (QED) is 0.660. The molecule has 110 valence electrons. The molecule has 0 radical (unpaired) electrons. The Morgan fingerprint density at radius 1 is 1.55 bits per heavy atom. The molecule has 1 saturated carbocycles. The van der Waals surface area contributed by atoms with Gasteiger partial charge in [-0.1, -0.05) is 10.8 Å². The second-order valence-corrected chi connectivity index (χ2v) is 7.15. The molecule has 2 aliphatic rings. The minimum absolute atomic E-state index is 0.0668. The van der Waals surface area contributed by atoms with Crippen molar-refractivity contribution in [2.24, 2.45) is 0 Å². The third-order valence-corrected chi connectivity index (χ3v) is 5.64. The van der Waals surface area contributed by atoms with Crippen molar-refractivity contribution in [1.29, 1.82) is 0 Å². The highest BCUT2D eigenvalue weighted by Crippen LogP contribution is 2.41. The Bertz CT molecular complexity index is 465. The molecule has 4 nitrogen and oxygen atoms in total. The van der Waals surface area contributed by atoms with Gasteiger partial charge in [0.25, 0.3) is 0 Å². The minimum atomic E-state index is -0.580. The third kappa shape index (κ3) is 2.93. The summed E-state index contributed by atoms with van der Waals surface area (Å²) >= 11 is 4.23. The van der Waals surface area contributed by atoms with Crippen LogP contribution in [0.25, 0.3) is 0 Å². The van der Waals surface area contributed by atoms with Gasteiger partial charge in [0.15, 0.2) is 0 Å². The van der Waals surface area contributed by atoms with Gasteiger partial charge in [0, 0.05) is 13.1 Å². The van der Waals surface area contributed by atoms with Gasteiger partial charge in [-0.3, -0.25) is 4.98 Å². The van der Waals surface area contributed by atoms with E-state index in [-0.39, 0.29) is 11.4 Å². The van der Waals surface area contributed by atoms with Crippen molar-refractivity contribution in [2.45, 2.75) is 36.7 Å². The first kappa shape index (κ1) is 14.5. The molecular weight excluding hydrogens is 292 g/mol. The third-order valence-electron chi connectivity index (χ3n) is 4.14. The SMILES string of the molecule is CC(SS)c1ccc(N2CCOC(C3(O)CC3)C2)cn1. The normalized spacial score (nSPS) is 26.4. The standard InChI is InChI=1S/C14H20N2O2S2/c1-10(20-19)12-3-2-11(8-15-12)16-6-7-18-13(9-16)14(17)4-5-14/h2-3,8,10,13,17,19H,4-7,9H2,1H3. The van der Waals surface area contributed by atoms with E-state index in [9.17, 15) is 5.11 Å². The van der Waals surface area contributed by atoms with E-state index >= 15 is 0 Å². The van der Waals surface area contributed by atoms with Gasteiger partial charge in [-0.05, 0) is 31.9 Å². The molecule has 20 heavy (non-hydrogen) atoms. The summed E-state index contributed by atoms with van der Waals surface area (Å²) < 4.78 is 5.71. The van der Waals surface area contributed by atoms with E-state index in [1.807, 2.05) is 6.20 Å². The highest BCUT2D eigenvalue weighted by atomic mass is 33.1. The predicted molar refractivity (Wildman–Crippen MR) is 85.4 cm³/mol. The van der Waals surface area contributed by atoms with Crippen molar-refractivity contribution in [2.75, 3.05) is 24.6 Å². The van der Waals surface area contributed by atoms with Crippen molar-refractivity contribution in [3.63, 3.8) is 0 Å². The van der Waals surface area contributed by atoms with E-state index in [1.54, 1.807) is 0 Å². The van der Waals surface area contributed by atoms with Crippen LogP contribution in [0.2, 0.25) is 0 Å². The number of anilines is 1. The number of nitrogens with zero attached hydrogens (tertiary/aromatic N) is 2. The molecule has 1 aliphatic carbocycles. The Morgan fingerprint density at radius 3 is 2.95 bits per heavy atom. The molecule has 1 aromatic rings. The number of ether oxygens (including phenoxy) is 1. The van der Waals surface area contributed by atoms with Gasteiger partial charge in [0.05, 0.1) is 35.0 Å². The van der Waals surface area contributed by atoms with Crippen molar-refractivity contribution in [1.82, 2.24) is 4.98 Å². The van der Waals surface area contributed by atoms with Crippen molar-refractivity contribution in [3.8, 4) is 0 Å². The first-order valence-corrected chi connectivity index (χ1v) is 8.91. The molecule has 0 spiro atoms. The summed E-state index contributed by atoms with van der Waals surface area (Å²) in [6, 6.07) is 4.15. The molecule has 2 heterocycles. The average Bonchev–Trinajstić information content (AvgIpc) is 3.26. The number of thiol groups is 1. The van der Waals surface area contributed by atoms with Crippen LogP contribution < -0.4 is 4.90 Å². The molecule has 2 unspecified atom stereocenters. The molecule has 2 atom stereocenters. The summed E-state index contributed by atoms with van der Waals surface area (Å²) in [5.41, 5.74) is 1.56. The summed E-state index contributed by atoms with van der Waals surface area (Å²) in [4.78, 5) is 6.76. The van der Waals surface area contributed by atoms with E-state index in [0.29, 0.717) is 6.61 Å². The van der Waals surface area contributed by atoms with Crippen LogP contribution in [-0.4, -0.2) is 41.5 Å². The summed E-state index contributed by atoms with van der Waals surface area (Å²) in [5, 5.41) is 10.5. The molecule has 0 amide bonds. The van der Waals surface area contributed by atoms with Gasteiger partial charge >= 0.3 is 0 Å². The second kappa shape index (κ2) is 5.75. The van der Waals surface area contributed by atoms with Crippen LogP contribution in [0.1, 0.15) is 30.7 Å². The second-order valence-electron chi connectivity index (χ2n) is 5.60. The lowest BCUT2D eigenvalue weighted by Gasteiger charge is -2.36. The van der Waals surface area contributed by atoms with Gasteiger partial charge in [0.2, 0.25) is 0 Å². The first-order chi connectivity index (χ1) is 9.62. The Labute approximate surface area is 128 Å². The van der Waals surface area contributed by atoms with Crippen molar-refractivity contribution >= 4 is 28.1 Å². The molecule has 2 fully saturated rings. The number of rotatable bonds is 4. The van der Waals surface area contributed by atoms with Crippen molar-refractivity contribution < 1.29 is 9.84 Å². The summed E-state index contributed by atoms with van der Waals surface area (Å²) in [7, 11) is 1.50. The highest BCUT2D eigenvalue weighted by molar-refractivity contribution is 8.68. The molecule has 1 saturated heterocycles. The molecule has 3 rings (SSSR count). The Balaban J connectivity index is 1.69. The fraction of sp³-hybridized carbons (Fsp3) is 0.643. The van der Waals surface area contributed by atoms with Crippen LogP contribution in [0.4, 0.5) is 5.69 Å². The topological polar surface area (TPSA) is 45.6 Å². The van der Waals surface area contributed by atoms with E-state index in [2.05, 4.69) is 40.6 Å². The minimum Gasteiger partial charge on any atom is -0.387 e. The fourth-order valence-electron chi connectivity index (χ4n) is 2.54. The lowest BCUT2D eigenvalue weighted by molar-refractivity contribution is -0.0586. The van der Waals surface area contributed by atoms with Gasteiger partial charge in [-0.25, -0.2) is 0 Å². The maximum absolute atomic E-state index is 10.2. The van der Waals surface area contributed by atoms with Crippen LogP contribution in [0.5, 0.6) is 0 Å². The van der Waals surface area contributed by atoms with Gasteiger partial charge in [-0.2, -0.15) is 0 Å². The number of aliphatic hydroxyl groups is 1. The number of aromatic nitrogens is 1. The van der Waals surface area contributed by atoms with Crippen LogP contribution in [0.15, 0.2) is 18.3 Å². The fourth-order valence-corrected chi connectivity index (χ4v) is 3.11. The van der Waals surface area contributed by atoms with Crippen LogP contribution >= 0.6 is 22.5 Å². The van der Waals surface area contributed by atoms with Crippen molar-refractivity contribution in [3.05, 3.63) is 24.0 Å².